The minimum atomic E-state index is 0.472. The average Bonchev–Trinajstić information content (AvgIpc) is 3.06. The predicted octanol–water partition coefficient (Wildman–Crippen LogP) is 2.91. The van der Waals surface area contributed by atoms with Gasteiger partial charge in [0.15, 0.2) is 5.65 Å². The molecule has 0 spiro atoms. The zero-order valence-corrected chi connectivity index (χ0v) is 13.3. The summed E-state index contributed by atoms with van der Waals surface area (Å²) in [6, 6.07) is 12.5. The Hall–Kier alpha value is -2.40. The first-order chi connectivity index (χ1) is 11.4. The molecule has 2 aromatic heterocycles. The van der Waals surface area contributed by atoms with Gasteiger partial charge in [-0.2, -0.15) is 9.61 Å². The molecule has 3 aromatic rings. The van der Waals surface area contributed by atoms with Crippen molar-refractivity contribution in [3.63, 3.8) is 0 Å². The van der Waals surface area contributed by atoms with Gasteiger partial charge in [-0.15, -0.1) is 0 Å². The van der Waals surface area contributed by atoms with Gasteiger partial charge in [0.2, 0.25) is 0 Å². The number of fused-ring (bicyclic) bond motifs is 1. The third kappa shape index (κ3) is 2.57. The molecule has 0 aliphatic carbocycles. The molecular weight excluding hydrogens is 286 g/mol. The van der Waals surface area contributed by atoms with Gasteiger partial charge in [-0.3, -0.25) is 0 Å². The summed E-state index contributed by atoms with van der Waals surface area (Å²) in [4.78, 5) is 4.96. The van der Waals surface area contributed by atoms with E-state index in [1.54, 1.807) is 0 Å². The van der Waals surface area contributed by atoms with Crippen molar-refractivity contribution in [1.82, 2.24) is 19.9 Å². The molecule has 1 saturated heterocycles. The highest BCUT2D eigenvalue weighted by molar-refractivity contribution is 5.78. The van der Waals surface area contributed by atoms with Crippen LogP contribution >= 0.6 is 0 Å². The molecule has 1 aliphatic rings. The zero-order chi connectivity index (χ0) is 15.6. The molecule has 3 heterocycles. The van der Waals surface area contributed by atoms with Crippen LogP contribution in [0.1, 0.15) is 24.5 Å². The van der Waals surface area contributed by atoms with E-state index in [1.807, 2.05) is 36.0 Å². The monoisotopic (exact) mass is 307 g/mol. The summed E-state index contributed by atoms with van der Waals surface area (Å²) in [5, 5.41) is 11.3. The summed E-state index contributed by atoms with van der Waals surface area (Å²) in [6.07, 6.45) is 4.30. The second-order valence-corrected chi connectivity index (χ2v) is 6.02. The van der Waals surface area contributed by atoms with Crippen molar-refractivity contribution in [3.05, 3.63) is 48.3 Å². The Morgan fingerprint density at radius 3 is 2.87 bits per heavy atom. The number of rotatable bonds is 3. The maximum atomic E-state index is 4.96. The van der Waals surface area contributed by atoms with Crippen LogP contribution in [0.25, 0.3) is 16.8 Å². The Morgan fingerprint density at radius 2 is 2.13 bits per heavy atom. The van der Waals surface area contributed by atoms with Crippen molar-refractivity contribution in [2.24, 2.45) is 0 Å². The Morgan fingerprint density at radius 1 is 1.26 bits per heavy atom. The molecule has 0 bridgehead atoms. The second kappa shape index (κ2) is 6.01. The van der Waals surface area contributed by atoms with Gasteiger partial charge in [0.25, 0.3) is 0 Å². The maximum Gasteiger partial charge on any atom is 0.165 e. The van der Waals surface area contributed by atoms with Gasteiger partial charge in [-0.25, -0.2) is 4.98 Å². The largest absolute Gasteiger partial charge is 0.373 e. The van der Waals surface area contributed by atoms with Crippen molar-refractivity contribution in [1.29, 1.82) is 0 Å². The molecule has 1 unspecified atom stereocenters. The van der Waals surface area contributed by atoms with Crippen LogP contribution in [0.4, 0.5) is 5.82 Å². The Balaban J connectivity index is 1.86. The summed E-state index contributed by atoms with van der Waals surface area (Å²) >= 11 is 0. The van der Waals surface area contributed by atoms with Gasteiger partial charge in [-0.1, -0.05) is 30.3 Å². The van der Waals surface area contributed by atoms with Crippen molar-refractivity contribution >= 4 is 11.5 Å². The molecule has 2 N–H and O–H groups in total. The fourth-order valence-electron chi connectivity index (χ4n) is 3.29. The lowest BCUT2D eigenvalue weighted by atomic mass is 9.96. The molecule has 118 valence electrons. The maximum absolute atomic E-state index is 4.96. The van der Waals surface area contributed by atoms with E-state index in [9.17, 15) is 0 Å². The molecule has 0 saturated carbocycles. The molecule has 1 aromatic carbocycles. The van der Waals surface area contributed by atoms with E-state index in [1.165, 1.54) is 12.8 Å². The Labute approximate surface area is 135 Å². The molecule has 1 fully saturated rings. The molecule has 0 radical (unpaired) electrons. The average molecular weight is 307 g/mol. The van der Waals surface area contributed by atoms with Crippen molar-refractivity contribution in [2.45, 2.75) is 18.8 Å². The summed E-state index contributed by atoms with van der Waals surface area (Å²) in [6.45, 7) is 2.11. The van der Waals surface area contributed by atoms with Crippen molar-refractivity contribution in [2.75, 3.05) is 25.5 Å². The van der Waals surface area contributed by atoms with E-state index in [4.69, 9.17) is 4.98 Å². The van der Waals surface area contributed by atoms with Crippen LogP contribution in [0.3, 0.4) is 0 Å². The van der Waals surface area contributed by atoms with E-state index in [0.717, 1.165) is 41.4 Å². The molecule has 5 heteroatoms. The normalized spacial score (nSPS) is 18.2. The number of nitrogens with zero attached hydrogens (tertiary/aromatic N) is 3. The Kier molecular flexibility index (Phi) is 3.71. The van der Waals surface area contributed by atoms with E-state index in [2.05, 4.69) is 33.9 Å². The lowest BCUT2D eigenvalue weighted by Gasteiger charge is -2.23. The summed E-state index contributed by atoms with van der Waals surface area (Å²) in [5.74, 6) is 1.46. The van der Waals surface area contributed by atoms with Crippen LogP contribution < -0.4 is 10.6 Å². The summed E-state index contributed by atoms with van der Waals surface area (Å²) in [5.41, 5.74) is 4.29. The smallest absolute Gasteiger partial charge is 0.165 e. The number of hydrogen-bond donors (Lipinski definition) is 2. The number of piperidine rings is 1. The van der Waals surface area contributed by atoms with Gasteiger partial charge in [0.1, 0.15) is 5.82 Å². The van der Waals surface area contributed by atoms with Crippen LogP contribution in [-0.2, 0) is 0 Å². The number of anilines is 1. The van der Waals surface area contributed by atoms with E-state index < -0.39 is 0 Å². The number of benzene rings is 1. The summed E-state index contributed by atoms with van der Waals surface area (Å²) in [7, 11) is 1.93. The number of nitrogens with one attached hydrogen (secondary N) is 2. The third-order valence-electron chi connectivity index (χ3n) is 4.55. The van der Waals surface area contributed by atoms with Crippen LogP contribution in [0.5, 0.6) is 0 Å². The highest BCUT2D eigenvalue weighted by atomic mass is 15.3. The van der Waals surface area contributed by atoms with E-state index in [-0.39, 0.29) is 0 Å². The third-order valence-corrected chi connectivity index (χ3v) is 4.55. The van der Waals surface area contributed by atoms with Gasteiger partial charge in [-0.05, 0) is 24.9 Å². The van der Waals surface area contributed by atoms with E-state index >= 15 is 0 Å². The highest BCUT2D eigenvalue weighted by Crippen LogP contribution is 2.29. The zero-order valence-electron chi connectivity index (χ0n) is 13.3. The standard InChI is InChI=1S/C18H21N5/c1-19-17-10-16(14-8-5-9-20-11-14)22-18-15(12-21-23(17)18)13-6-3-2-4-7-13/h2-4,6-7,10,12,14,19-20H,5,8-9,11H2,1H3. The van der Waals surface area contributed by atoms with Crippen LogP contribution in [-0.4, -0.2) is 34.7 Å². The fraction of sp³-hybridized carbons (Fsp3) is 0.333. The lowest BCUT2D eigenvalue weighted by Crippen LogP contribution is -2.29. The molecular formula is C18H21N5. The predicted molar refractivity (Wildman–Crippen MR) is 92.8 cm³/mol. The molecule has 1 aliphatic heterocycles. The van der Waals surface area contributed by atoms with Crippen molar-refractivity contribution < 1.29 is 0 Å². The van der Waals surface area contributed by atoms with E-state index in [0.29, 0.717) is 5.92 Å². The molecule has 5 nitrogen and oxygen atoms in total. The van der Waals surface area contributed by atoms with Crippen molar-refractivity contribution in [3.8, 4) is 11.1 Å². The Bertz CT molecular complexity index is 803. The lowest BCUT2D eigenvalue weighted by molar-refractivity contribution is 0.455. The second-order valence-electron chi connectivity index (χ2n) is 6.02. The number of hydrogen-bond acceptors (Lipinski definition) is 4. The fourth-order valence-corrected chi connectivity index (χ4v) is 3.29. The quantitative estimate of drug-likeness (QED) is 0.781. The van der Waals surface area contributed by atoms with Gasteiger partial charge >= 0.3 is 0 Å². The minimum Gasteiger partial charge on any atom is -0.373 e. The molecule has 4 rings (SSSR count). The first-order valence-corrected chi connectivity index (χ1v) is 8.19. The topological polar surface area (TPSA) is 54.2 Å². The first kappa shape index (κ1) is 14.2. The molecule has 0 amide bonds. The summed E-state index contributed by atoms with van der Waals surface area (Å²) < 4.78 is 1.89. The first-order valence-electron chi connectivity index (χ1n) is 8.19. The highest BCUT2D eigenvalue weighted by Gasteiger charge is 2.20. The van der Waals surface area contributed by atoms with Crippen LogP contribution in [0, 0.1) is 0 Å². The van der Waals surface area contributed by atoms with Crippen LogP contribution in [0.2, 0.25) is 0 Å². The molecule has 23 heavy (non-hydrogen) atoms. The SMILES string of the molecule is CNc1cc(C2CCCNC2)nc2c(-c3ccccc3)cnn12. The number of aromatic nitrogens is 3. The van der Waals surface area contributed by atoms with Gasteiger partial charge in [0.05, 0.1) is 11.9 Å². The molecule has 1 atom stereocenters. The van der Waals surface area contributed by atoms with Gasteiger partial charge < -0.3 is 10.6 Å². The minimum absolute atomic E-state index is 0.472. The van der Waals surface area contributed by atoms with Gasteiger partial charge in [0, 0.05) is 31.1 Å². The van der Waals surface area contributed by atoms with Crippen LogP contribution in [0.15, 0.2) is 42.6 Å².